The minimum Gasteiger partial charge on any atom is -0.385 e. The van der Waals surface area contributed by atoms with Crippen LogP contribution in [-0.2, 0) is 4.74 Å². The van der Waals surface area contributed by atoms with E-state index in [0.29, 0.717) is 0 Å². The van der Waals surface area contributed by atoms with Gasteiger partial charge in [-0.3, -0.25) is 4.98 Å². The standard InChI is InChI=1S/C14H23FN2O/c1-3-9-16-13(6-4-5-10-18-2)14-8-7-12(15)11-17-14/h7-8,11,13,16H,3-6,9-10H2,1-2H3. The van der Waals surface area contributed by atoms with Gasteiger partial charge in [0.25, 0.3) is 0 Å². The van der Waals surface area contributed by atoms with E-state index in [9.17, 15) is 4.39 Å². The van der Waals surface area contributed by atoms with Crippen LogP contribution in [0.2, 0.25) is 0 Å². The van der Waals surface area contributed by atoms with E-state index in [4.69, 9.17) is 4.74 Å². The predicted molar refractivity (Wildman–Crippen MR) is 71.0 cm³/mol. The second kappa shape index (κ2) is 9.00. The van der Waals surface area contributed by atoms with E-state index in [0.717, 1.165) is 44.5 Å². The lowest BCUT2D eigenvalue weighted by Gasteiger charge is -2.17. The van der Waals surface area contributed by atoms with Crippen molar-refractivity contribution in [2.24, 2.45) is 0 Å². The summed E-state index contributed by atoms with van der Waals surface area (Å²) in [6, 6.07) is 3.44. The van der Waals surface area contributed by atoms with Gasteiger partial charge in [-0.05, 0) is 44.4 Å². The number of rotatable bonds is 9. The first-order valence-electron chi connectivity index (χ1n) is 6.61. The molecule has 0 saturated heterocycles. The van der Waals surface area contributed by atoms with E-state index in [1.165, 1.54) is 12.3 Å². The highest BCUT2D eigenvalue weighted by molar-refractivity contribution is 5.09. The van der Waals surface area contributed by atoms with Gasteiger partial charge in [-0.1, -0.05) is 6.92 Å². The number of methoxy groups -OCH3 is 1. The van der Waals surface area contributed by atoms with Gasteiger partial charge in [-0.2, -0.15) is 0 Å². The van der Waals surface area contributed by atoms with Crippen LogP contribution in [0.25, 0.3) is 0 Å². The maximum absolute atomic E-state index is 12.9. The molecule has 0 radical (unpaired) electrons. The van der Waals surface area contributed by atoms with E-state index >= 15 is 0 Å². The van der Waals surface area contributed by atoms with Crippen molar-refractivity contribution in [2.75, 3.05) is 20.3 Å². The van der Waals surface area contributed by atoms with Crippen molar-refractivity contribution < 1.29 is 9.13 Å². The summed E-state index contributed by atoms with van der Waals surface area (Å²) in [5.74, 6) is -0.285. The molecule has 0 amide bonds. The summed E-state index contributed by atoms with van der Waals surface area (Å²) < 4.78 is 17.9. The molecular formula is C14H23FN2O. The molecule has 1 aromatic heterocycles. The Labute approximate surface area is 109 Å². The van der Waals surface area contributed by atoms with Crippen LogP contribution in [0.3, 0.4) is 0 Å². The Morgan fingerprint density at radius 1 is 1.39 bits per heavy atom. The van der Waals surface area contributed by atoms with Crippen LogP contribution in [-0.4, -0.2) is 25.2 Å². The lowest BCUT2D eigenvalue weighted by molar-refractivity contribution is 0.190. The van der Waals surface area contributed by atoms with Crippen molar-refractivity contribution in [1.29, 1.82) is 0 Å². The highest BCUT2D eigenvalue weighted by atomic mass is 19.1. The Bertz CT molecular complexity index is 316. The smallest absolute Gasteiger partial charge is 0.141 e. The molecule has 1 atom stereocenters. The average Bonchev–Trinajstić information content (AvgIpc) is 2.39. The summed E-state index contributed by atoms with van der Waals surface area (Å²) in [6.07, 6.45) is 5.49. The fraction of sp³-hybridized carbons (Fsp3) is 0.643. The summed E-state index contributed by atoms with van der Waals surface area (Å²) in [5, 5.41) is 3.46. The van der Waals surface area contributed by atoms with E-state index in [-0.39, 0.29) is 11.9 Å². The molecular weight excluding hydrogens is 231 g/mol. The minimum absolute atomic E-state index is 0.211. The van der Waals surface area contributed by atoms with Gasteiger partial charge in [-0.25, -0.2) is 4.39 Å². The molecule has 1 aromatic rings. The van der Waals surface area contributed by atoms with E-state index in [2.05, 4.69) is 17.2 Å². The number of ether oxygens (including phenoxy) is 1. The van der Waals surface area contributed by atoms with Gasteiger partial charge in [0, 0.05) is 19.8 Å². The zero-order valence-corrected chi connectivity index (χ0v) is 11.3. The summed E-state index contributed by atoms with van der Waals surface area (Å²) in [6.45, 7) is 3.87. The van der Waals surface area contributed by atoms with Crippen LogP contribution >= 0.6 is 0 Å². The van der Waals surface area contributed by atoms with Gasteiger partial charge in [0.2, 0.25) is 0 Å². The van der Waals surface area contributed by atoms with Gasteiger partial charge in [-0.15, -0.1) is 0 Å². The maximum Gasteiger partial charge on any atom is 0.141 e. The highest BCUT2D eigenvalue weighted by Gasteiger charge is 2.11. The van der Waals surface area contributed by atoms with E-state index < -0.39 is 0 Å². The van der Waals surface area contributed by atoms with Crippen LogP contribution in [0.4, 0.5) is 4.39 Å². The number of hydrogen-bond donors (Lipinski definition) is 1. The van der Waals surface area contributed by atoms with Gasteiger partial charge >= 0.3 is 0 Å². The first kappa shape index (κ1) is 15.1. The molecule has 1 heterocycles. The van der Waals surface area contributed by atoms with Crippen LogP contribution < -0.4 is 5.32 Å². The molecule has 18 heavy (non-hydrogen) atoms. The normalized spacial score (nSPS) is 12.6. The summed E-state index contributed by atoms with van der Waals surface area (Å²) in [4.78, 5) is 4.16. The topological polar surface area (TPSA) is 34.1 Å². The van der Waals surface area contributed by atoms with Crippen molar-refractivity contribution in [3.05, 3.63) is 29.8 Å². The number of nitrogens with one attached hydrogen (secondary N) is 1. The summed E-state index contributed by atoms with van der Waals surface area (Å²) in [5.41, 5.74) is 0.919. The first-order chi connectivity index (χ1) is 8.77. The van der Waals surface area contributed by atoms with Crippen molar-refractivity contribution in [3.8, 4) is 0 Å². The van der Waals surface area contributed by atoms with Gasteiger partial charge in [0.05, 0.1) is 11.9 Å². The van der Waals surface area contributed by atoms with Crippen molar-refractivity contribution in [1.82, 2.24) is 10.3 Å². The Morgan fingerprint density at radius 2 is 2.22 bits per heavy atom. The van der Waals surface area contributed by atoms with Gasteiger partial charge in [0.1, 0.15) is 5.82 Å². The number of aromatic nitrogens is 1. The molecule has 0 aliphatic rings. The molecule has 102 valence electrons. The average molecular weight is 254 g/mol. The first-order valence-corrected chi connectivity index (χ1v) is 6.61. The van der Waals surface area contributed by atoms with Crippen molar-refractivity contribution in [3.63, 3.8) is 0 Å². The maximum atomic E-state index is 12.9. The second-order valence-electron chi connectivity index (χ2n) is 4.40. The third-order valence-corrected chi connectivity index (χ3v) is 2.84. The number of hydrogen-bond acceptors (Lipinski definition) is 3. The Morgan fingerprint density at radius 3 is 2.83 bits per heavy atom. The largest absolute Gasteiger partial charge is 0.385 e. The molecule has 0 aromatic carbocycles. The molecule has 0 fully saturated rings. The zero-order chi connectivity index (χ0) is 13.2. The van der Waals surface area contributed by atoms with Crippen molar-refractivity contribution >= 4 is 0 Å². The molecule has 1 rings (SSSR count). The molecule has 1 N–H and O–H groups in total. The Kier molecular flexibility index (Phi) is 7.53. The Balaban J connectivity index is 2.51. The third kappa shape index (κ3) is 5.56. The predicted octanol–water partition coefficient (Wildman–Crippen LogP) is 3.08. The van der Waals surface area contributed by atoms with Gasteiger partial charge in [0.15, 0.2) is 0 Å². The molecule has 0 aliphatic carbocycles. The fourth-order valence-electron chi connectivity index (χ4n) is 1.86. The molecule has 0 spiro atoms. The number of halogens is 1. The number of pyridine rings is 1. The lowest BCUT2D eigenvalue weighted by Crippen LogP contribution is -2.23. The van der Waals surface area contributed by atoms with Crippen LogP contribution in [0.5, 0.6) is 0 Å². The quantitative estimate of drug-likeness (QED) is 0.688. The van der Waals surface area contributed by atoms with Crippen LogP contribution in [0.1, 0.15) is 44.3 Å². The molecule has 0 aliphatic heterocycles. The number of unbranched alkanes of at least 4 members (excludes halogenated alkanes) is 1. The molecule has 4 heteroatoms. The third-order valence-electron chi connectivity index (χ3n) is 2.84. The van der Waals surface area contributed by atoms with E-state index in [1.54, 1.807) is 13.2 Å². The zero-order valence-electron chi connectivity index (χ0n) is 11.3. The minimum atomic E-state index is -0.285. The highest BCUT2D eigenvalue weighted by Crippen LogP contribution is 2.17. The van der Waals surface area contributed by atoms with E-state index in [1.807, 2.05) is 0 Å². The van der Waals surface area contributed by atoms with Crippen LogP contribution in [0.15, 0.2) is 18.3 Å². The second-order valence-corrected chi connectivity index (χ2v) is 4.40. The van der Waals surface area contributed by atoms with Crippen LogP contribution in [0, 0.1) is 5.82 Å². The van der Waals surface area contributed by atoms with Crippen molar-refractivity contribution in [2.45, 2.75) is 38.6 Å². The van der Waals surface area contributed by atoms with Gasteiger partial charge < -0.3 is 10.1 Å². The molecule has 3 nitrogen and oxygen atoms in total. The molecule has 0 bridgehead atoms. The fourth-order valence-corrected chi connectivity index (χ4v) is 1.86. The monoisotopic (exact) mass is 254 g/mol. The number of nitrogens with zero attached hydrogens (tertiary/aromatic N) is 1. The Hall–Kier alpha value is -1.00. The summed E-state index contributed by atoms with van der Waals surface area (Å²) >= 11 is 0. The SMILES string of the molecule is CCCNC(CCCCOC)c1ccc(F)cn1. The molecule has 0 saturated carbocycles. The lowest BCUT2D eigenvalue weighted by atomic mass is 10.1. The molecule has 1 unspecified atom stereocenters. The summed E-state index contributed by atoms with van der Waals surface area (Å²) in [7, 11) is 1.72.